The predicted octanol–water partition coefficient (Wildman–Crippen LogP) is 0.417. The fourth-order valence-electron chi connectivity index (χ4n) is 2.52. The van der Waals surface area contributed by atoms with Crippen LogP contribution in [0.15, 0.2) is 0 Å². The van der Waals surface area contributed by atoms with Gasteiger partial charge in [0.25, 0.3) is 0 Å². The number of methoxy groups -OCH3 is 1. The van der Waals surface area contributed by atoms with E-state index in [4.69, 9.17) is 32.3 Å². The van der Waals surface area contributed by atoms with Gasteiger partial charge in [-0.05, 0) is 25.8 Å². The zero-order valence-electron chi connectivity index (χ0n) is 14.1. The Morgan fingerprint density at radius 1 is 1.35 bits per heavy atom. The summed E-state index contributed by atoms with van der Waals surface area (Å²) in [7, 11) is 4.30. The lowest BCUT2D eigenvalue weighted by Crippen LogP contribution is -2.40. The van der Waals surface area contributed by atoms with Crippen molar-refractivity contribution in [2.75, 3.05) is 27.4 Å². The van der Waals surface area contributed by atoms with Crippen molar-refractivity contribution in [3.63, 3.8) is 0 Å². The summed E-state index contributed by atoms with van der Waals surface area (Å²) in [4.78, 5) is 9.59. The second-order valence-corrected chi connectivity index (χ2v) is 7.32. The number of nitrogens with two attached hydrogens (primary N) is 1. The van der Waals surface area contributed by atoms with Crippen molar-refractivity contribution in [3.05, 3.63) is 0 Å². The lowest BCUT2D eigenvalue weighted by Gasteiger charge is -2.28. The third-order valence-electron chi connectivity index (χ3n) is 3.69. The minimum Gasteiger partial charge on any atom is -0.382 e. The molecule has 3 N–H and O–H groups in total. The van der Waals surface area contributed by atoms with E-state index in [1.165, 1.54) is 7.11 Å². The van der Waals surface area contributed by atoms with Crippen LogP contribution in [0.5, 0.6) is 0 Å². The third kappa shape index (κ3) is 6.44. The summed E-state index contributed by atoms with van der Waals surface area (Å²) in [5.41, 5.74) is 5.61. The Morgan fingerprint density at radius 2 is 2.00 bits per heavy atom. The maximum Gasteiger partial charge on any atom is 0.472 e. The lowest BCUT2D eigenvalue weighted by atomic mass is 9.92. The highest BCUT2D eigenvalue weighted by atomic mass is 31.2. The second-order valence-electron chi connectivity index (χ2n) is 5.80. The Kier molecular flexibility index (Phi) is 8.68. The number of hydrogen-bond donors (Lipinski definition) is 2. The fraction of sp³-hybridized carbons (Fsp3) is 1.00. The maximum absolute atomic E-state index is 11.8. The van der Waals surface area contributed by atoms with Gasteiger partial charge in [0, 0.05) is 20.2 Å². The Morgan fingerprint density at radius 3 is 2.52 bits per heavy atom. The van der Waals surface area contributed by atoms with Gasteiger partial charge in [0.05, 0.1) is 12.7 Å². The summed E-state index contributed by atoms with van der Waals surface area (Å²) in [5.74, 6) is 0.278. The minimum atomic E-state index is -4.22. The van der Waals surface area contributed by atoms with Gasteiger partial charge in [0.2, 0.25) is 0 Å². The molecule has 0 aromatic heterocycles. The molecule has 0 amide bonds. The summed E-state index contributed by atoms with van der Waals surface area (Å²) < 4.78 is 37.9. The van der Waals surface area contributed by atoms with Gasteiger partial charge in [0.15, 0.2) is 0 Å². The van der Waals surface area contributed by atoms with Crippen molar-refractivity contribution in [3.8, 4) is 0 Å². The van der Waals surface area contributed by atoms with E-state index >= 15 is 0 Å². The number of phosphoric ester groups is 1. The molecule has 23 heavy (non-hydrogen) atoms. The summed E-state index contributed by atoms with van der Waals surface area (Å²) in [6.45, 7) is 4.59. The Labute approximate surface area is 139 Å². The lowest BCUT2D eigenvalue weighted by molar-refractivity contribution is -0.0656. The number of ether oxygens (including phenoxy) is 3. The molecular weight excluding hydrogens is 324 g/mol. The van der Waals surface area contributed by atoms with E-state index in [9.17, 15) is 9.46 Å². The topological polar surface area (TPSA) is 109 Å². The van der Waals surface area contributed by atoms with Gasteiger partial charge in [0.1, 0.15) is 26.2 Å². The van der Waals surface area contributed by atoms with Crippen LogP contribution in [0.4, 0.5) is 0 Å². The summed E-state index contributed by atoms with van der Waals surface area (Å²) in [6, 6.07) is -0.798. The first kappa shape index (κ1) is 21.1. The Bertz CT molecular complexity index is 403. The molecule has 1 saturated heterocycles. The Balaban J connectivity index is 2.81. The van der Waals surface area contributed by atoms with Crippen LogP contribution < -0.4 is 5.73 Å². The average Bonchev–Trinajstić information content (AvgIpc) is 2.75. The molecule has 0 aliphatic carbocycles. The van der Waals surface area contributed by atoms with Gasteiger partial charge in [-0.2, -0.15) is 0 Å². The van der Waals surface area contributed by atoms with E-state index in [1.807, 2.05) is 13.8 Å². The second kappa shape index (κ2) is 9.49. The van der Waals surface area contributed by atoms with Gasteiger partial charge >= 0.3 is 7.82 Å². The first-order chi connectivity index (χ1) is 10.7. The van der Waals surface area contributed by atoms with Crippen molar-refractivity contribution in [2.45, 2.75) is 50.7 Å². The zero-order chi connectivity index (χ0) is 17.6. The van der Waals surface area contributed by atoms with E-state index in [2.05, 4.69) is 4.52 Å². The van der Waals surface area contributed by atoms with E-state index in [1.54, 1.807) is 0 Å². The van der Waals surface area contributed by atoms with Crippen molar-refractivity contribution in [1.29, 1.82) is 0 Å². The van der Waals surface area contributed by atoms with Crippen LogP contribution in [0.2, 0.25) is 0 Å². The molecule has 1 aliphatic heterocycles. The molecule has 0 spiro atoms. The molecule has 10 heteroatoms. The normalized spacial score (nSPS) is 33.3. The van der Waals surface area contributed by atoms with Crippen LogP contribution >= 0.6 is 7.82 Å². The molecule has 7 atom stereocenters. The smallest absolute Gasteiger partial charge is 0.382 e. The predicted molar refractivity (Wildman–Crippen MR) is 85.2 cm³/mol. The molecule has 1 heterocycles. The first-order valence-electron chi connectivity index (χ1n) is 7.56. The van der Waals surface area contributed by atoms with Crippen LogP contribution in [-0.2, 0) is 27.8 Å². The molecule has 1 rings (SSSR count). The minimum absolute atomic E-state index is 0.148. The van der Waals surface area contributed by atoms with Crippen molar-refractivity contribution in [2.24, 2.45) is 11.7 Å². The molecule has 2 radical (unpaired) electrons. The zero-order valence-corrected chi connectivity index (χ0v) is 15.0. The molecule has 8 nitrogen and oxygen atoms in total. The van der Waals surface area contributed by atoms with Crippen molar-refractivity contribution >= 4 is 15.7 Å². The van der Waals surface area contributed by atoms with Gasteiger partial charge < -0.3 is 24.8 Å². The molecule has 1 aliphatic rings. The Hall–Kier alpha value is 0.0149. The summed E-state index contributed by atoms with van der Waals surface area (Å²) in [5, 5.41) is 0. The average molecular weight is 351 g/mol. The van der Waals surface area contributed by atoms with Crippen LogP contribution in [0.3, 0.4) is 0 Å². The van der Waals surface area contributed by atoms with Gasteiger partial charge in [-0.1, -0.05) is 6.92 Å². The van der Waals surface area contributed by atoms with E-state index in [0.717, 1.165) is 13.5 Å². The quantitative estimate of drug-likeness (QED) is 0.430. The molecule has 134 valence electrons. The fourth-order valence-corrected chi connectivity index (χ4v) is 3.17. The first-order valence-corrected chi connectivity index (χ1v) is 9.06. The maximum atomic E-state index is 11.8. The van der Waals surface area contributed by atoms with Gasteiger partial charge in [-0.3, -0.25) is 9.05 Å². The van der Waals surface area contributed by atoms with Crippen LogP contribution in [0.1, 0.15) is 20.3 Å². The highest BCUT2D eigenvalue weighted by molar-refractivity contribution is 7.47. The molecule has 0 saturated carbocycles. The molecular formula is C13H27BNO7P. The SMILES string of the molecule is [B][C@@H]1O[C@H](COC)[C@H](OP(=O)(O)OC)[C@@H]1OC(C)CC(C)CN. The van der Waals surface area contributed by atoms with Crippen LogP contribution in [0.25, 0.3) is 0 Å². The molecule has 0 bridgehead atoms. The van der Waals surface area contributed by atoms with Crippen LogP contribution in [-0.4, -0.2) is 70.5 Å². The highest BCUT2D eigenvalue weighted by Gasteiger charge is 2.47. The number of hydrogen-bond acceptors (Lipinski definition) is 7. The highest BCUT2D eigenvalue weighted by Crippen LogP contribution is 2.46. The van der Waals surface area contributed by atoms with Gasteiger partial charge in [-0.25, -0.2) is 4.57 Å². The number of rotatable bonds is 10. The molecule has 0 aromatic rings. The van der Waals surface area contributed by atoms with Gasteiger partial charge in [-0.15, -0.1) is 0 Å². The van der Waals surface area contributed by atoms with E-state index in [0.29, 0.717) is 6.54 Å². The summed E-state index contributed by atoms with van der Waals surface area (Å²) >= 11 is 0. The molecule has 3 unspecified atom stereocenters. The third-order valence-corrected chi connectivity index (χ3v) is 4.66. The summed E-state index contributed by atoms with van der Waals surface area (Å²) in [6.07, 6.45) is -1.67. The molecule has 0 aromatic carbocycles. The largest absolute Gasteiger partial charge is 0.472 e. The monoisotopic (exact) mass is 351 g/mol. The standard InChI is InChI=1S/C13H27BNO7P/c1-8(6-15)5-9(2)20-12-11(22-23(16,17)19-4)10(7-18-3)21-13(12)14/h8-13H,5-7,15H2,1-4H3,(H,16,17)/t8?,9?,10-,11+,12+,13-/m1/s1. The number of phosphoric acid groups is 1. The van der Waals surface area contributed by atoms with Crippen LogP contribution in [0, 0.1) is 5.92 Å². The van der Waals surface area contributed by atoms with Crippen molar-refractivity contribution in [1.82, 2.24) is 0 Å². The van der Waals surface area contributed by atoms with E-state index < -0.39 is 32.1 Å². The van der Waals surface area contributed by atoms with Crippen molar-refractivity contribution < 1.29 is 32.7 Å². The molecule has 1 fully saturated rings. The van der Waals surface area contributed by atoms with E-state index in [-0.39, 0.29) is 18.6 Å².